The lowest BCUT2D eigenvalue weighted by molar-refractivity contribution is 0.126. The number of fused-ring (bicyclic) bond motifs is 2. The largest absolute Gasteiger partial charge is 0.464 e. The first kappa shape index (κ1) is 12.6. The monoisotopic (exact) mass is 279 g/mol. The molecule has 3 heteroatoms. The maximum Gasteiger partial charge on any atom is 0.134 e. The third-order valence-corrected chi connectivity index (χ3v) is 4.29. The van der Waals surface area contributed by atoms with Crippen LogP contribution in [0.2, 0.25) is 0 Å². The summed E-state index contributed by atoms with van der Waals surface area (Å²) in [7, 11) is 0. The van der Waals surface area contributed by atoms with Gasteiger partial charge in [-0.05, 0) is 30.2 Å². The summed E-state index contributed by atoms with van der Waals surface area (Å²) in [5.41, 5.74) is 4.16. The van der Waals surface area contributed by atoms with Gasteiger partial charge in [0, 0.05) is 10.9 Å². The van der Waals surface area contributed by atoms with Crippen molar-refractivity contribution in [1.82, 2.24) is 5.32 Å². The van der Waals surface area contributed by atoms with E-state index in [0.29, 0.717) is 0 Å². The molecular weight excluding hydrogens is 262 g/mol. The maximum atomic E-state index is 10.9. The van der Waals surface area contributed by atoms with Crippen molar-refractivity contribution >= 4 is 11.0 Å². The Bertz CT molecular complexity index is 777. The Morgan fingerprint density at radius 2 is 1.90 bits per heavy atom. The molecule has 2 unspecified atom stereocenters. The Labute approximate surface area is 123 Å². The van der Waals surface area contributed by atoms with Gasteiger partial charge >= 0.3 is 0 Å². The summed E-state index contributed by atoms with van der Waals surface area (Å²) < 4.78 is 5.56. The van der Waals surface area contributed by atoms with Crippen molar-refractivity contribution in [3.05, 3.63) is 71.5 Å². The van der Waals surface area contributed by atoms with Crippen LogP contribution in [-0.2, 0) is 6.42 Å². The zero-order chi connectivity index (χ0) is 14.2. The van der Waals surface area contributed by atoms with Crippen LogP contribution in [0, 0.1) is 0 Å². The second-order valence-corrected chi connectivity index (χ2v) is 5.51. The molecule has 0 amide bonds. The number of benzene rings is 2. The van der Waals surface area contributed by atoms with E-state index in [2.05, 4.69) is 23.5 Å². The van der Waals surface area contributed by atoms with Gasteiger partial charge in [0.25, 0.3) is 0 Å². The molecule has 0 radical (unpaired) electrons. The molecule has 3 aromatic rings. The Hall–Kier alpha value is -2.10. The van der Waals surface area contributed by atoms with Crippen molar-refractivity contribution in [2.45, 2.75) is 18.6 Å². The van der Waals surface area contributed by atoms with E-state index in [4.69, 9.17) is 4.42 Å². The number of aliphatic hydroxyl groups excluding tert-OH is 1. The minimum absolute atomic E-state index is 0.0871. The molecule has 1 aromatic heterocycles. The van der Waals surface area contributed by atoms with Gasteiger partial charge in [-0.3, -0.25) is 0 Å². The predicted octanol–water partition coefficient (Wildman–Crippen LogP) is 3.35. The molecule has 4 rings (SSSR count). The molecule has 3 nitrogen and oxygen atoms in total. The van der Waals surface area contributed by atoms with Crippen molar-refractivity contribution in [2.75, 3.05) is 6.54 Å². The van der Waals surface area contributed by atoms with Crippen LogP contribution in [0.5, 0.6) is 0 Å². The number of aliphatic hydroxyl groups is 1. The van der Waals surface area contributed by atoms with E-state index in [-0.39, 0.29) is 6.04 Å². The molecule has 0 saturated carbocycles. The highest BCUT2D eigenvalue weighted by molar-refractivity contribution is 5.81. The van der Waals surface area contributed by atoms with Crippen molar-refractivity contribution in [2.24, 2.45) is 0 Å². The summed E-state index contributed by atoms with van der Waals surface area (Å²) in [6, 6.07) is 16.1. The van der Waals surface area contributed by atoms with Crippen LogP contribution in [-0.4, -0.2) is 11.7 Å². The second kappa shape index (κ2) is 5.02. The van der Waals surface area contributed by atoms with E-state index in [1.54, 1.807) is 6.26 Å². The standard InChI is InChI=1S/C18H17NO2/c20-18(15-11-21-16-8-4-3-7-14(15)16)17-13-6-2-1-5-12(13)9-10-19-17/h1-8,11,17-20H,9-10H2. The first-order valence-corrected chi connectivity index (χ1v) is 7.30. The second-order valence-electron chi connectivity index (χ2n) is 5.51. The van der Waals surface area contributed by atoms with Crippen LogP contribution >= 0.6 is 0 Å². The van der Waals surface area contributed by atoms with Gasteiger partial charge in [0.15, 0.2) is 0 Å². The minimum Gasteiger partial charge on any atom is -0.464 e. The molecule has 2 N–H and O–H groups in total. The van der Waals surface area contributed by atoms with Gasteiger partial charge in [0.2, 0.25) is 0 Å². The number of para-hydroxylation sites is 1. The average Bonchev–Trinajstić information content (AvgIpc) is 2.98. The smallest absolute Gasteiger partial charge is 0.134 e. The summed E-state index contributed by atoms with van der Waals surface area (Å²) in [6.45, 7) is 0.883. The Morgan fingerprint density at radius 3 is 2.86 bits per heavy atom. The lowest BCUT2D eigenvalue weighted by Crippen LogP contribution is -2.33. The van der Waals surface area contributed by atoms with E-state index in [1.165, 1.54) is 11.1 Å². The van der Waals surface area contributed by atoms with E-state index in [9.17, 15) is 5.11 Å². The molecule has 1 aliphatic heterocycles. The van der Waals surface area contributed by atoms with Crippen molar-refractivity contribution in [1.29, 1.82) is 0 Å². The van der Waals surface area contributed by atoms with E-state index in [0.717, 1.165) is 29.5 Å². The highest BCUT2D eigenvalue weighted by Gasteiger charge is 2.29. The molecule has 2 heterocycles. The molecule has 21 heavy (non-hydrogen) atoms. The van der Waals surface area contributed by atoms with Crippen LogP contribution in [0.4, 0.5) is 0 Å². The highest BCUT2D eigenvalue weighted by atomic mass is 16.3. The van der Waals surface area contributed by atoms with Gasteiger partial charge in [-0.2, -0.15) is 0 Å². The number of nitrogens with one attached hydrogen (secondary N) is 1. The third-order valence-electron chi connectivity index (χ3n) is 4.29. The topological polar surface area (TPSA) is 45.4 Å². The summed E-state index contributed by atoms with van der Waals surface area (Å²) >= 11 is 0. The quantitative estimate of drug-likeness (QED) is 0.756. The minimum atomic E-state index is -0.616. The zero-order valence-corrected chi connectivity index (χ0v) is 11.6. The van der Waals surface area contributed by atoms with Gasteiger partial charge < -0.3 is 14.8 Å². The van der Waals surface area contributed by atoms with Crippen LogP contribution in [0.15, 0.2) is 59.2 Å². The van der Waals surface area contributed by atoms with Crippen LogP contribution in [0.3, 0.4) is 0 Å². The number of furan rings is 1. The van der Waals surface area contributed by atoms with Gasteiger partial charge in [-0.25, -0.2) is 0 Å². The van der Waals surface area contributed by atoms with Crippen LogP contribution in [0.1, 0.15) is 28.8 Å². The van der Waals surface area contributed by atoms with Crippen molar-refractivity contribution in [3.8, 4) is 0 Å². The first-order valence-electron chi connectivity index (χ1n) is 7.30. The highest BCUT2D eigenvalue weighted by Crippen LogP contribution is 2.36. The lowest BCUT2D eigenvalue weighted by atomic mass is 9.88. The molecule has 106 valence electrons. The normalized spacial score (nSPS) is 19.4. The van der Waals surface area contributed by atoms with Gasteiger partial charge in [0.1, 0.15) is 11.7 Å². The molecule has 0 aliphatic carbocycles. The summed E-state index contributed by atoms with van der Waals surface area (Å²) in [5.74, 6) is 0. The summed E-state index contributed by atoms with van der Waals surface area (Å²) in [6.07, 6.45) is 2.06. The molecule has 2 aromatic carbocycles. The van der Waals surface area contributed by atoms with E-state index in [1.807, 2.05) is 30.3 Å². The van der Waals surface area contributed by atoms with Gasteiger partial charge in [-0.1, -0.05) is 42.5 Å². The molecule has 0 fully saturated rings. The fourth-order valence-corrected chi connectivity index (χ4v) is 3.23. The van der Waals surface area contributed by atoms with E-state index < -0.39 is 6.10 Å². The molecule has 0 saturated heterocycles. The van der Waals surface area contributed by atoms with Gasteiger partial charge in [0.05, 0.1) is 12.3 Å². The summed E-state index contributed by atoms with van der Waals surface area (Å²) in [4.78, 5) is 0. The Kier molecular flexibility index (Phi) is 3.02. The molecule has 0 bridgehead atoms. The number of hydrogen-bond donors (Lipinski definition) is 2. The van der Waals surface area contributed by atoms with Crippen LogP contribution < -0.4 is 5.32 Å². The number of hydrogen-bond acceptors (Lipinski definition) is 3. The third kappa shape index (κ3) is 2.06. The van der Waals surface area contributed by atoms with Crippen LogP contribution in [0.25, 0.3) is 11.0 Å². The lowest BCUT2D eigenvalue weighted by Gasteiger charge is -2.30. The van der Waals surface area contributed by atoms with E-state index >= 15 is 0 Å². The molecule has 1 aliphatic rings. The van der Waals surface area contributed by atoms with Crippen molar-refractivity contribution in [3.63, 3.8) is 0 Å². The molecular formula is C18H17NO2. The SMILES string of the molecule is OC(c1coc2ccccc12)C1NCCc2ccccc21. The molecule has 0 spiro atoms. The fourth-order valence-electron chi connectivity index (χ4n) is 3.23. The fraction of sp³-hybridized carbons (Fsp3) is 0.222. The Morgan fingerprint density at radius 1 is 1.10 bits per heavy atom. The maximum absolute atomic E-state index is 10.9. The number of rotatable bonds is 2. The predicted molar refractivity (Wildman–Crippen MR) is 82.1 cm³/mol. The average molecular weight is 279 g/mol. The Balaban J connectivity index is 1.77. The summed E-state index contributed by atoms with van der Waals surface area (Å²) in [5, 5.41) is 15.3. The van der Waals surface area contributed by atoms with Gasteiger partial charge in [-0.15, -0.1) is 0 Å². The zero-order valence-electron chi connectivity index (χ0n) is 11.6. The van der Waals surface area contributed by atoms with Crippen molar-refractivity contribution < 1.29 is 9.52 Å². The molecule has 2 atom stereocenters. The first-order chi connectivity index (χ1) is 10.3.